The second kappa shape index (κ2) is 4.84. The lowest BCUT2D eigenvalue weighted by atomic mass is 9.64. The van der Waals surface area contributed by atoms with Crippen molar-refractivity contribution in [1.29, 1.82) is 0 Å². The monoisotopic (exact) mass is 254 g/mol. The SMILES string of the molecule is CCC(C)C(=O)OC1(C)CC2CCCC(O)(C2)C1. The molecule has 0 heterocycles. The zero-order valence-electron chi connectivity index (χ0n) is 11.9. The largest absolute Gasteiger partial charge is 0.459 e. The van der Waals surface area contributed by atoms with Crippen molar-refractivity contribution in [3.63, 3.8) is 0 Å². The van der Waals surface area contributed by atoms with Crippen LogP contribution in [0.2, 0.25) is 0 Å². The van der Waals surface area contributed by atoms with Crippen LogP contribution in [0.25, 0.3) is 0 Å². The minimum absolute atomic E-state index is 0.0433. The molecule has 0 spiro atoms. The van der Waals surface area contributed by atoms with E-state index in [-0.39, 0.29) is 11.9 Å². The molecule has 3 heteroatoms. The third-order valence-electron chi connectivity index (χ3n) is 4.71. The molecule has 4 atom stereocenters. The molecule has 0 aromatic heterocycles. The maximum atomic E-state index is 12.0. The molecule has 2 fully saturated rings. The second-order valence-electron chi connectivity index (χ2n) is 6.75. The summed E-state index contributed by atoms with van der Waals surface area (Å²) in [6.07, 6.45) is 6.36. The third-order valence-corrected chi connectivity index (χ3v) is 4.71. The van der Waals surface area contributed by atoms with Gasteiger partial charge in [-0.15, -0.1) is 0 Å². The number of rotatable bonds is 3. The van der Waals surface area contributed by atoms with E-state index in [0.29, 0.717) is 12.3 Å². The summed E-state index contributed by atoms with van der Waals surface area (Å²) in [5.41, 5.74) is -1.05. The van der Waals surface area contributed by atoms with Crippen molar-refractivity contribution in [2.75, 3.05) is 0 Å². The number of aliphatic hydroxyl groups is 1. The first kappa shape index (κ1) is 13.9. The zero-order valence-corrected chi connectivity index (χ0v) is 11.9. The van der Waals surface area contributed by atoms with E-state index >= 15 is 0 Å². The average molecular weight is 254 g/mol. The molecule has 0 aromatic carbocycles. The van der Waals surface area contributed by atoms with Gasteiger partial charge in [-0.2, -0.15) is 0 Å². The van der Waals surface area contributed by atoms with E-state index in [0.717, 1.165) is 32.1 Å². The Labute approximate surface area is 110 Å². The van der Waals surface area contributed by atoms with Gasteiger partial charge < -0.3 is 9.84 Å². The van der Waals surface area contributed by atoms with Crippen LogP contribution in [0.1, 0.15) is 65.7 Å². The summed E-state index contributed by atoms with van der Waals surface area (Å²) in [4.78, 5) is 12.0. The van der Waals surface area contributed by atoms with Crippen molar-refractivity contribution in [3.8, 4) is 0 Å². The highest BCUT2D eigenvalue weighted by molar-refractivity contribution is 5.72. The fourth-order valence-corrected chi connectivity index (χ4v) is 3.76. The minimum atomic E-state index is -0.592. The molecular weight excluding hydrogens is 228 g/mol. The topological polar surface area (TPSA) is 46.5 Å². The molecule has 0 aromatic rings. The summed E-state index contributed by atoms with van der Waals surface area (Å²) in [6, 6.07) is 0. The van der Waals surface area contributed by atoms with Gasteiger partial charge in [-0.3, -0.25) is 4.79 Å². The highest BCUT2D eigenvalue weighted by atomic mass is 16.6. The maximum Gasteiger partial charge on any atom is 0.309 e. The zero-order chi connectivity index (χ0) is 13.4. The molecular formula is C15H26O3. The number of carbonyl (C=O) groups is 1. The lowest BCUT2D eigenvalue weighted by molar-refractivity contribution is -0.185. The Morgan fingerprint density at radius 1 is 1.50 bits per heavy atom. The third kappa shape index (κ3) is 2.87. The van der Waals surface area contributed by atoms with Crippen molar-refractivity contribution in [2.24, 2.45) is 11.8 Å². The molecule has 2 aliphatic carbocycles. The Hall–Kier alpha value is -0.570. The predicted molar refractivity (Wildman–Crippen MR) is 70.1 cm³/mol. The highest BCUT2D eigenvalue weighted by Crippen LogP contribution is 2.48. The lowest BCUT2D eigenvalue weighted by Crippen LogP contribution is -2.51. The van der Waals surface area contributed by atoms with Gasteiger partial charge in [0.25, 0.3) is 0 Å². The van der Waals surface area contributed by atoms with Gasteiger partial charge in [-0.25, -0.2) is 0 Å². The quantitative estimate of drug-likeness (QED) is 0.787. The lowest BCUT2D eigenvalue weighted by Gasteiger charge is -2.49. The smallest absolute Gasteiger partial charge is 0.309 e. The van der Waals surface area contributed by atoms with Gasteiger partial charge in [-0.1, -0.05) is 26.7 Å². The van der Waals surface area contributed by atoms with E-state index in [1.54, 1.807) is 0 Å². The summed E-state index contributed by atoms with van der Waals surface area (Å²) in [6.45, 7) is 5.90. The van der Waals surface area contributed by atoms with Gasteiger partial charge in [0.15, 0.2) is 0 Å². The molecule has 2 aliphatic rings. The second-order valence-corrected chi connectivity index (χ2v) is 6.75. The molecule has 104 valence electrons. The first-order valence-electron chi connectivity index (χ1n) is 7.31. The summed E-state index contributed by atoms with van der Waals surface area (Å²) in [5, 5.41) is 10.6. The Morgan fingerprint density at radius 3 is 2.83 bits per heavy atom. The predicted octanol–water partition coefficient (Wildman–Crippen LogP) is 3.05. The molecule has 18 heavy (non-hydrogen) atoms. The Bertz CT molecular complexity index is 328. The first-order valence-corrected chi connectivity index (χ1v) is 7.31. The molecule has 1 N–H and O–H groups in total. The van der Waals surface area contributed by atoms with Gasteiger partial charge in [-0.05, 0) is 38.5 Å². The van der Waals surface area contributed by atoms with Crippen LogP contribution in [0.4, 0.5) is 0 Å². The number of carbonyl (C=O) groups excluding carboxylic acids is 1. The Morgan fingerprint density at radius 2 is 2.22 bits per heavy atom. The molecule has 0 saturated heterocycles. The van der Waals surface area contributed by atoms with E-state index in [4.69, 9.17) is 4.74 Å². The molecule has 2 rings (SSSR count). The number of ether oxygens (including phenoxy) is 1. The van der Waals surface area contributed by atoms with Gasteiger partial charge in [0.05, 0.1) is 11.5 Å². The van der Waals surface area contributed by atoms with E-state index in [2.05, 4.69) is 0 Å². The van der Waals surface area contributed by atoms with Crippen LogP contribution in [0, 0.1) is 11.8 Å². The Balaban J connectivity index is 2.05. The van der Waals surface area contributed by atoms with E-state index in [9.17, 15) is 9.90 Å². The average Bonchev–Trinajstić information content (AvgIpc) is 2.25. The highest BCUT2D eigenvalue weighted by Gasteiger charge is 2.49. The molecule has 0 radical (unpaired) electrons. The first-order chi connectivity index (χ1) is 8.36. The van der Waals surface area contributed by atoms with Gasteiger partial charge in [0.2, 0.25) is 0 Å². The van der Waals surface area contributed by atoms with Crippen LogP contribution in [0.3, 0.4) is 0 Å². The van der Waals surface area contributed by atoms with Crippen molar-refractivity contribution in [1.82, 2.24) is 0 Å². The van der Waals surface area contributed by atoms with Crippen LogP contribution < -0.4 is 0 Å². The van der Waals surface area contributed by atoms with Crippen LogP contribution >= 0.6 is 0 Å². The normalized spacial score (nSPS) is 41.2. The fraction of sp³-hybridized carbons (Fsp3) is 0.933. The van der Waals surface area contributed by atoms with Crippen LogP contribution in [-0.2, 0) is 9.53 Å². The maximum absolute atomic E-state index is 12.0. The number of hydrogen-bond acceptors (Lipinski definition) is 3. The van der Waals surface area contributed by atoms with E-state index in [1.165, 1.54) is 6.42 Å². The van der Waals surface area contributed by atoms with E-state index < -0.39 is 11.2 Å². The van der Waals surface area contributed by atoms with Crippen molar-refractivity contribution >= 4 is 5.97 Å². The number of esters is 1. The molecule has 3 nitrogen and oxygen atoms in total. The summed E-state index contributed by atoms with van der Waals surface area (Å²) >= 11 is 0. The van der Waals surface area contributed by atoms with Crippen LogP contribution in [-0.4, -0.2) is 22.3 Å². The fourth-order valence-electron chi connectivity index (χ4n) is 3.76. The van der Waals surface area contributed by atoms with Crippen molar-refractivity contribution in [2.45, 2.75) is 76.9 Å². The van der Waals surface area contributed by atoms with Crippen LogP contribution in [0.15, 0.2) is 0 Å². The summed E-state index contributed by atoms with van der Waals surface area (Å²) < 4.78 is 5.73. The van der Waals surface area contributed by atoms with Crippen LogP contribution in [0.5, 0.6) is 0 Å². The Kier molecular flexibility index (Phi) is 3.72. The minimum Gasteiger partial charge on any atom is -0.459 e. The molecule has 4 unspecified atom stereocenters. The van der Waals surface area contributed by atoms with Crippen molar-refractivity contribution < 1.29 is 14.6 Å². The summed E-state index contributed by atoms with van der Waals surface area (Å²) in [7, 11) is 0. The van der Waals surface area contributed by atoms with E-state index in [1.807, 2.05) is 20.8 Å². The van der Waals surface area contributed by atoms with Gasteiger partial charge >= 0.3 is 5.97 Å². The summed E-state index contributed by atoms with van der Waals surface area (Å²) in [5.74, 6) is 0.369. The van der Waals surface area contributed by atoms with Gasteiger partial charge in [0.1, 0.15) is 5.60 Å². The molecule has 0 amide bonds. The molecule has 2 bridgehead atoms. The molecule has 2 saturated carbocycles. The standard InChI is InChI=1S/C15H26O3/c1-4-11(2)13(16)18-14(3)8-12-6-5-7-15(17,9-12)10-14/h11-12,17H,4-10H2,1-3H3. The van der Waals surface area contributed by atoms with Gasteiger partial charge in [0, 0.05) is 6.42 Å². The van der Waals surface area contributed by atoms with Crippen molar-refractivity contribution in [3.05, 3.63) is 0 Å². The number of fused-ring (bicyclic) bond motifs is 2. The number of hydrogen-bond donors (Lipinski definition) is 1. The molecule has 0 aliphatic heterocycles.